The second-order valence-electron chi connectivity index (χ2n) is 3.72. The van der Waals surface area contributed by atoms with Crippen LogP contribution in [0.15, 0.2) is 39.5 Å². The van der Waals surface area contributed by atoms with Gasteiger partial charge < -0.3 is 9.15 Å². The molecule has 0 saturated carbocycles. The van der Waals surface area contributed by atoms with Crippen LogP contribution in [0.2, 0.25) is 0 Å². The third-order valence-corrected chi connectivity index (χ3v) is 2.39. The lowest BCUT2D eigenvalue weighted by molar-refractivity contribution is 0.400. The maximum atomic E-state index is 13.4. The van der Waals surface area contributed by atoms with Crippen molar-refractivity contribution in [3.05, 3.63) is 63.7 Å². The largest absolute Gasteiger partial charge is 0.496 e. The molecule has 0 N–H and O–H groups in total. The fourth-order valence-electron chi connectivity index (χ4n) is 1.48. The molecular weight excluding hydrogens is 254 g/mol. The Bertz CT molecular complexity index is 675. The first-order valence-corrected chi connectivity index (χ1v) is 5.41. The molecule has 0 unspecified atom stereocenters. The standard InChI is InChI=1S/C14H10F2O3/c1-18-12-7-11(19-14(17)8-12)5-3-9-2-4-10(15)6-13(9)16/h2-8H,1H3/b5-3+. The summed E-state index contributed by atoms with van der Waals surface area (Å²) in [6.07, 6.45) is 2.78. The Balaban J connectivity index is 2.32. The van der Waals surface area contributed by atoms with Gasteiger partial charge in [-0.15, -0.1) is 0 Å². The molecule has 0 aliphatic heterocycles. The van der Waals surface area contributed by atoms with Gasteiger partial charge in [-0.25, -0.2) is 13.6 Å². The zero-order valence-corrected chi connectivity index (χ0v) is 10.0. The Hall–Kier alpha value is -2.43. The molecule has 0 spiro atoms. The minimum absolute atomic E-state index is 0.187. The SMILES string of the molecule is COc1cc(/C=C/c2ccc(F)cc2F)oc(=O)c1. The molecule has 19 heavy (non-hydrogen) atoms. The highest BCUT2D eigenvalue weighted by Gasteiger charge is 2.02. The van der Waals surface area contributed by atoms with Gasteiger partial charge >= 0.3 is 5.63 Å². The molecular formula is C14H10F2O3. The fourth-order valence-corrected chi connectivity index (χ4v) is 1.48. The molecule has 2 aromatic rings. The van der Waals surface area contributed by atoms with Gasteiger partial charge in [-0.3, -0.25) is 0 Å². The molecule has 3 nitrogen and oxygen atoms in total. The Morgan fingerprint density at radius 3 is 2.63 bits per heavy atom. The lowest BCUT2D eigenvalue weighted by Gasteiger charge is -1.99. The lowest BCUT2D eigenvalue weighted by Crippen LogP contribution is -1.98. The van der Waals surface area contributed by atoms with E-state index < -0.39 is 17.3 Å². The first-order valence-electron chi connectivity index (χ1n) is 5.41. The van der Waals surface area contributed by atoms with Crippen LogP contribution in [0.25, 0.3) is 12.2 Å². The maximum absolute atomic E-state index is 13.4. The van der Waals surface area contributed by atoms with Crippen LogP contribution >= 0.6 is 0 Å². The van der Waals surface area contributed by atoms with E-state index >= 15 is 0 Å². The Morgan fingerprint density at radius 1 is 1.16 bits per heavy atom. The number of hydrogen-bond acceptors (Lipinski definition) is 3. The molecule has 0 fully saturated rings. The second-order valence-corrected chi connectivity index (χ2v) is 3.72. The molecule has 0 amide bonds. The van der Waals surface area contributed by atoms with Gasteiger partial charge in [0.1, 0.15) is 23.1 Å². The normalized spacial score (nSPS) is 10.9. The van der Waals surface area contributed by atoms with E-state index in [4.69, 9.17) is 9.15 Å². The van der Waals surface area contributed by atoms with Gasteiger partial charge in [0.2, 0.25) is 0 Å². The van der Waals surface area contributed by atoms with Crippen molar-refractivity contribution in [1.29, 1.82) is 0 Å². The molecule has 0 bridgehead atoms. The Labute approximate surface area is 107 Å². The topological polar surface area (TPSA) is 39.4 Å². The first-order chi connectivity index (χ1) is 9.08. The van der Waals surface area contributed by atoms with Crippen molar-refractivity contribution >= 4 is 12.2 Å². The van der Waals surface area contributed by atoms with E-state index in [1.807, 2.05) is 0 Å². The van der Waals surface area contributed by atoms with Crippen molar-refractivity contribution in [2.45, 2.75) is 0 Å². The number of ether oxygens (including phenoxy) is 1. The van der Waals surface area contributed by atoms with E-state index in [0.29, 0.717) is 5.75 Å². The van der Waals surface area contributed by atoms with Crippen LogP contribution in [-0.4, -0.2) is 7.11 Å². The summed E-state index contributed by atoms with van der Waals surface area (Å²) in [6.45, 7) is 0. The monoisotopic (exact) mass is 264 g/mol. The highest BCUT2D eigenvalue weighted by Crippen LogP contribution is 2.15. The summed E-state index contributed by atoms with van der Waals surface area (Å²) in [5.74, 6) is -0.785. The first kappa shape index (κ1) is 13.0. The van der Waals surface area contributed by atoms with Crippen LogP contribution in [0.1, 0.15) is 11.3 Å². The average Bonchev–Trinajstić information content (AvgIpc) is 2.37. The highest BCUT2D eigenvalue weighted by atomic mass is 19.1. The summed E-state index contributed by atoms with van der Waals surface area (Å²) < 4.78 is 35.9. The number of methoxy groups -OCH3 is 1. The third kappa shape index (κ3) is 3.28. The molecule has 5 heteroatoms. The van der Waals surface area contributed by atoms with Gasteiger partial charge in [0.05, 0.1) is 13.2 Å². The van der Waals surface area contributed by atoms with Gasteiger partial charge in [-0.05, 0) is 24.3 Å². The fraction of sp³-hybridized carbons (Fsp3) is 0.0714. The minimum Gasteiger partial charge on any atom is -0.496 e. The number of benzene rings is 1. The van der Waals surface area contributed by atoms with Crippen LogP contribution in [0.5, 0.6) is 5.75 Å². The van der Waals surface area contributed by atoms with Crippen molar-refractivity contribution in [3.63, 3.8) is 0 Å². The molecule has 0 atom stereocenters. The van der Waals surface area contributed by atoms with Crippen LogP contribution < -0.4 is 10.4 Å². The summed E-state index contributed by atoms with van der Waals surface area (Å²) in [7, 11) is 1.42. The molecule has 0 saturated heterocycles. The van der Waals surface area contributed by atoms with E-state index in [0.717, 1.165) is 12.1 Å². The van der Waals surface area contributed by atoms with E-state index in [-0.39, 0.29) is 11.3 Å². The third-order valence-electron chi connectivity index (χ3n) is 2.39. The van der Waals surface area contributed by atoms with Gasteiger partial charge in [0.25, 0.3) is 0 Å². The van der Waals surface area contributed by atoms with E-state index in [9.17, 15) is 13.6 Å². The maximum Gasteiger partial charge on any atom is 0.339 e. The summed E-state index contributed by atoms with van der Waals surface area (Å²) in [5, 5.41) is 0. The number of rotatable bonds is 3. The van der Waals surface area contributed by atoms with Gasteiger partial charge in [0, 0.05) is 17.7 Å². The zero-order valence-electron chi connectivity index (χ0n) is 10.0. The molecule has 0 aliphatic carbocycles. The summed E-state index contributed by atoms with van der Waals surface area (Å²) in [5.41, 5.74) is -0.384. The molecule has 1 aromatic heterocycles. The summed E-state index contributed by atoms with van der Waals surface area (Å²) >= 11 is 0. The summed E-state index contributed by atoms with van der Waals surface area (Å²) in [6, 6.07) is 5.89. The predicted molar refractivity (Wildman–Crippen MR) is 66.8 cm³/mol. The van der Waals surface area contributed by atoms with Crippen molar-refractivity contribution < 1.29 is 17.9 Å². The Morgan fingerprint density at radius 2 is 1.95 bits per heavy atom. The Kier molecular flexibility index (Phi) is 3.75. The van der Waals surface area contributed by atoms with Crippen molar-refractivity contribution in [3.8, 4) is 5.75 Å². The molecule has 1 aromatic carbocycles. The molecule has 2 rings (SSSR count). The number of halogens is 2. The molecule has 0 radical (unpaired) electrons. The quantitative estimate of drug-likeness (QED) is 0.855. The van der Waals surface area contributed by atoms with Crippen molar-refractivity contribution in [2.24, 2.45) is 0 Å². The van der Waals surface area contributed by atoms with Crippen molar-refractivity contribution in [2.75, 3.05) is 7.11 Å². The van der Waals surface area contributed by atoms with E-state index in [1.54, 1.807) is 0 Å². The average molecular weight is 264 g/mol. The van der Waals surface area contributed by atoms with Crippen LogP contribution in [0.3, 0.4) is 0 Å². The summed E-state index contributed by atoms with van der Waals surface area (Å²) in [4.78, 5) is 11.2. The van der Waals surface area contributed by atoms with E-state index in [2.05, 4.69) is 0 Å². The molecule has 0 aliphatic rings. The lowest BCUT2D eigenvalue weighted by atomic mass is 10.2. The highest BCUT2D eigenvalue weighted by molar-refractivity contribution is 5.67. The van der Waals surface area contributed by atoms with Gasteiger partial charge in [0.15, 0.2) is 0 Å². The van der Waals surface area contributed by atoms with Crippen molar-refractivity contribution in [1.82, 2.24) is 0 Å². The van der Waals surface area contributed by atoms with Gasteiger partial charge in [-0.2, -0.15) is 0 Å². The second kappa shape index (κ2) is 5.48. The predicted octanol–water partition coefficient (Wildman–Crippen LogP) is 3.10. The van der Waals surface area contributed by atoms with Crippen LogP contribution in [-0.2, 0) is 0 Å². The van der Waals surface area contributed by atoms with E-state index in [1.165, 1.54) is 37.5 Å². The molecule has 98 valence electrons. The minimum atomic E-state index is -0.693. The number of hydrogen-bond donors (Lipinski definition) is 0. The smallest absolute Gasteiger partial charge is 0.339 e. The molecule has 1 heterocycles. The zero-order chi connectivity index (χ0) is 13.8. The van der Waals surface area contributed by atoms with Gasteiger partial charge in [-0.1, -0.05) is 0 Å². The van der Waals surface area contributed by atoms with Crippen LogP contribution in [0.4, 0.5) is 8.78 Å². The van der Waals surface area contributed by atoms with Crippen LogP contribution in [0, 0.1) is 11.6 Å².